The summed E-state index contributed by atoms with van der Waals surface area (Å²) in [5, 5.41) is 12.0. The number of halogens is 6. The van der Waals surface area contributed by atoms with Crippen molar-refractivity contribution < 1.29 is 64.4 Å². The van der Waals surface area contributed by atoms with Crippen LogP contribution in [0.15, 0.2) is 194 Å². The summed E-state index contributed by atoms with van der Waals surface area (Å²) in [4.78, 5) is 26.5. The Hall–Kier alpha value is -9.12. The normalized spacial score (nSPS) is 15.5. The highest BCUT2D eigenvalue weighted by Gasteiger charge is 2.72. The van der Waals surface area contributed by atoms with Crippen LogP contribution in [-0.2, 0) is 37.7 Å². The van der Waals surface area contributed by atoms with E-state index in [-0.39, 0.29) is 65.9 Å². The van der Waals surface area contributed by atoms with Crippen molar-refractivity contribution >= 4 is 54.9 Å². The number of hydrogen-bond donors (Lipinski definition) is 2. The van der Waals surface area contributed by atoms with Gasteiger partial charge in [-0.05, 0) is 89.6 Å². The number of rotatable bonds is 0. The quantitative estimate of drug-likeness (QED) is 0.144. The molecule has 16 heteroatoms. The third-order valence-electron chi connectivity index (χ3n) is 14.7. The van der Waals surface area contributed by atoms with Crippen molar-refractivity contribution in [2.75, 3.05) is 52.7 Å². The van der Waals surface area contributed by atoms with Gasteiger partial charge in [0.2, 0.25) is 5.41 Å². The van der Waals surface area contributed by atoms with Gasteiger partial charge in [-0.2, -0.15) is 26.3 Å². The molecule has 0 fully saturated rings. The molecule has 4 bridgehead atoms. The number of carbonyl (C=O) groups is 2. The average molecular weight is 1130 g/mol. The van der Waals surface area contributed by atoms with Crippen molar-refractivity contribution in [3.8, 4) is 45.3 Å². The summed E-state index contributed by atoms with van der Waals surface area (Å²) in [6, 6.07) is 52.9. The van der Waals surface area contributed by atoms with Crippen LogP contribution in [0.25, 0.3) is 65.3 Å². The number of fused-ring (bicyclic) bond motifs is 6. The van der Waals surface area contributed by atoms with Crippen LogP contribution in [0.2, 0.25) is 0 Å². The number of nitrogens with one attached hydrogen (secondary N) is 2. The molecule has 0 spiro atoms. The smallest absolute Gasteiger partial charge is 0.411 e. The van der Waals surface area contributed by atoms with Gasteiger partial charge in [0.1, 0.15) is 36.2 Å². The molecule has 83 heavy (non-hydrogen) atoms. The first-order chi connectivity index (χ1) is 40.3. The van der Waals surface area contributed by atoms with E-state index in [2.05, 4.69) is 10.6 Å². The molecule has 3 aliphatic heterocycles. The van der Waals surface area contributed by atoms with E-state index in [0.717, 1.165) is 67.4 Å². The molecule has 10 aromatic carbocycles. The van der Waals surface area contributed by atoms with Crippen molar-refractivity contribution in [3.05, 3.63) is 216 Å². The summed E-state index contributed by atoms with van der Waals surface area (Å²) >= 11 is 0. The molecule has 0 saturated carbocycles. The Morgan fingerprint density at radius 3 is 0.928 bits per heavy atom. The second-order valence-corrected chi connectivity index (χ2v) is 19.9. The maximum absolute atomic E-state index is 15.6. The van der Waals surface area contributed by atoms with Crippen molar-refractivity contribution in [2.24, 2.45) is 0 Å². The molecule has 10 aromatic rings. The zero-order chi connectivity index (χ0) is 57.6. The van der Waals surface area contributed by atoms with E-state index in [1.807, 2.05) is 121 Å². The van der Waals surface area contributed by atoms with Gasteiger partial charge >= 0.3 is 12.4 Å². The lowest BCUT2D eigenvalue weighted by atomic mass is 9.72. The molecule has 0 saturated heterocycles. The fourth-order valence-electron chi connectivity index (χ4n) is 10.8. The highest BCUT2D eigenvalue weighted by Crippen LogP contribution is 2.56. The lowest BCUT2D eigenvalue weighted by Gasteiger charge is -2.38. The zero-order valence-corrected chi connectivity index (χ0v) is 44.6. The third-order valence-corrected chi connectivity index (χ3v) is 14.7. The van der Waals surface area contributed by atoms with Gasteiger partial charge in [-0.3, -0.25) is 9.59 Å². The van der Waals surface area contributed by atoms with E-state index >= 15 is 26.3 Å². The van der Waals surface area contributed by atoms with Crippen LogP contribution in [0.3, 0.4) is 0 Å². The number of amides is 2. The van der Waals surface area contributed by atoms with E-state index in [1.54, 1.807) is 24.3 Å². The molecule has 0 aromatic heterocycles. The van der Waals surface area contributed by atoms with Gasteiger partial charge in [0.15, 0.2) is 13.2 Å². The highest BCUT2D eigenvalue weighted by atomic mass is 19.4. The molecule has 0 atom stereocenters. The van der Waals surface area contributed by atoms with Crippen LogP contribution in [0, 0.1) is 0 Å². The Morgan fingerprint density at radius 1 is 0.337 bits per heavy atom. The molecular weight excluding hydrogens is 1070 g/mol. The maximum atomic E-state index is 15.6. The van der Waals surface area contributed by atoms with E-state index in [4.69, 9.17) is 28.4 Å². The monoisotopic (exact) mass is 1130 g/mol. The molecule has 2 amide bonds. The zero-order valence-electron chi connectivity index (χ0n) is 44.6. The van der Waals surface area contributed by atoms with Crippen LogP contribution >= 0.6 is 0 Å². The maximum Gasteiger partial charge on any atom is 0.411 e. The number of hydrogen-bond acceptors (Lipinski definition) is 8. The molecule has 10 nitrogen and oxygen atoms in total. The standard InChI is InChI=1S/C67H54F6N2O8/c68-66(69,70)65(67(71,72)73)49-25-17-43(18-26-49)39-80-55-29-21-45-9-1-5-13-51(45)61(55)63-53-15-7-3-11-47(53)23-31-57(63)82-41-59(76)74-33-35-78-37-38-79-36-34-75-60(77)42-83-58-32-24-48-12-4-8-16-54(48)64(58)62-52-14-6-2-10-46(52)22-30-56(62)81-40-44-19-27-50(65)28-20-44/h1-32H,33-42H2,(H,74,76)(H,75,77). The summed E-state index contributed by atoms with van der Waals surface area (Å²) in [6.45, 7) is 0.000136. The lowest BCUT2D eigenvalue weighted by molar-refractivity contribution is -0.288. The van der Waals surface area contributed by atoms with Gasteiger partial charge in [0.05, 0.1) is 26.4 Å². The third kappa shape index (κ3) is 11.6. The predicted molar refractivity (Wildman–Crippen MR) is 307 cm³/mol. The highest BCUT2D eigenvalue weighted by molar-refractivity contribution is 6.11. The second-order valence-electron chi connectivity index (χ2n) is 19.9. The SMILES string of the molecule is O=C1COc2ccc3ccccc3c2-c2c(ccc3ccccc23)OCc2ccc(cc2)C(C(F)(F)F)(C(F)(F)F)c2ccc(cc2)COc2ccc3ccccc3c2-c2c(ccc3ccccc23)OCC(=O)NCCOCCOCCN1. The Labute approximate surface area is 473 Å². The largest absolute Gasteiger partial charge is 0.488 e. The number of benzene rings is 10. The van der Waals surface area contributed by atoms with Gasteiger partial charge in [0, 0.05) is 35.3 Å². The van der Waals surface area contributed by atoms with E-state index in [9.17, 15) is 9.59 Å². The van der Waals surface area contributed by atoms with Crippen LogP contribution in [0.5, 0.6) is 23.0 Å². The van der Waals surface area contributed by atoms with Crippen LogP contribution in [-0.4, -0.2) is 76.9 Å². The minimum absolute atomic E-state index is 0.180. The number of alkyl halides is 6. The minimum atomic E-state index is -5.85. The first-order valence-corrected chi connectivity index (χ1v) is 26.9. The molecule has 3 heterocycles. The molecule has 13 rings (SSSR count). The fourth-order valence-corrected chi connectivity index (χ4v) is 10.8. The summed E-state index contributed by atoms with van der Waals surface area (Å²) in [5.41, 5.74) is -3.54. The molecule has 422 valence electrons. The first-order valence-electron chi connectivity index (χ1n) is 26.9. The first kappa shape index (κ1) is 55.8. The van der Waals surface area contributed by atoms with E-state index in [0.29, 0.717) is 56.4 Å². The van der Waals surface area contributed by atoms with Gasteiger partial charge in [0.25, 0.3) is 11.8 Å². The van der Waals surface area contributed by atoms with Gasteiger partial charge in [-0.25, -0.2) is 0 Å². The van der Waals surface area contributed by atoms with Gasteiger partial charge in [-0.1, -0.05) is 170 Å². The topological polar surface area (TPSA) is 114 Å². The summed E-state index contributed by atoms with van der Waals surface area (Å²) in [6.07, 6.45) is -11.7. The molecule has 2 N–H and O–H groups in total. The van der Waals surface area contributed by atoms with Crippen molar-refractivity contribution in [1.29, 1.82) is 0 Å². The second kappa shape index (κ2) is 24.1. The van der Waals surface area contributed by atoms with Crippen LogP contribution in [0.1, 0.15) is 22.3 Å². The van der Waals surface area contributed by atoms with Gasteiger partial charge in [-0.15, -0.1) is 0 Å². The molecular formula is C67H54F6N2O8. The molecule has 0 unspecified atom stereocenters. The van der Waals surface area contributed by atoms with Crippen molar-refractivity contribution in [1.82, 2.24) is 10.6 Å². The number of ether oxygens (including phenoxy) is 6. The van der Waals surface area contributed by atoms with E-state index in [1.165, 1.54) is 24.3 Å². The average Bonchev–Trinajstić information content (AvgIpc) is 1.99. The summed E-state index contributed by atoms with van der Waals surface area (Å²) in [7, 11) is 0. The predicted octanol–water partition coefficient (Wildman–Crippen LogP) is 14.2. The molecule has 0 aliphatic carbocycles. The molecule has 0 radical (unpaired) electrons. The Balaban J connectivity index is 0.948. The Kier molecular flexibility index (Phi) is 16.2. The van der Waals surface area contributed by atoms with E-state index < -0.39 is 40.7 Å². The van der Waals surface area contributed by atoms with Gasteiger partial charge < -0.3 is 39.1 Å². The lowest BCUT2D eigenvalue weighted by Crippen LogP contribution is -2.54. The fraction of sp³-hybridized carbons (Fsp3) is 0.194. The summed E-state index contributed by atoms with van der Waals surface area (Å²) < 4.78 is 131. The Morgan fingerprint density at radius 2 is 0.627 bits per heavy atom. The van der Waals surface area contributed by atoms with Crippen molar-refractivity contribution in [3.63, 3.8) is 0 Å². The van der Waals surface area contributed by atoms with Crippen molar-refractivity contribution in [2.45, 2.75) is 31.0 Å². The van der Waals surface area contributed by atoms with Crippen LogP contribution < -0.4 is 29.6 Å². The minimum Gasteiger partial charge on any atom is -0.488 e. The Bertz CT molecular complexity index is 3720. The summed E-state index contributed by atoms with van der Waals surface area (Å²) in [5.74, 6) is 0.569. The molecule has 3 aliphatic rings. The number of carbonyl (C=O) groups excluding carboxylic acids is 2. The van der Waals surface area contributed by atoms with Crippen LogP contribution in [0.4, 0.5) is 26.3 Å².